The van der Waals surface area contributed by atoms with E-state index in [-0.39, 0.29) is 42.5 Å². The summed E-state index contributed by atoms with van der Waals surface area (Å²) in [6, 6.07) is 6.28. The Balaban J connectivity index is 1.47. The van der Waals surface area contributed by atoms with Crippen LogP contribution in [0.1, 0.15) is 24.5 Å². The Morgan fingerprint density at radius 3 is 2.47 bits per heavy atom. The van der Waals surface area contributed by atoms with Gasteiger partial charge in [-0.25, -0.2) is 9.18 Å². The molecule has 2 aromatic rings. The van der Waals surface area contributed by atoms with Crippen molar-refractivity contribution in [3.63, 3.8) is 0 Å². The first-order valence-corrected chi connectivity index (χ1v) is 11.0. The van der Waals surface area contributed by atoms with Gasteiger partial charge in [0.25, 0.3) is 0 Å². The monoisotopic (exact) mass is 505 g/mol. The van der Waals surface area contributed by atoms with Crippen molar-refractivity contribution in [1.82, 2.24) is 5.32 Å². The highest BCUT2D eigenvalue weighted by Crippen LogP contribution is 2.40. The van der Waals surface area contributed by atoms with E-state index in [1.54, 1.807) is 32.2 Å². The fourth-order valence-electron chi connectivity index (χ4n) is 3.73. The number of alkyl halides is 3. The van der Waals surface area contributed by atoms with Crippen LogP contribution in [-0.2, 0) is 15.7 Å². The molecule has 0 spiro atoms. The minimum Gasteiger partial charge on any atom is -0.482 e. The molecule has 7 nitrogen and oxygen atoms in total. The van der Waals surface area contributed by atoms with Gasteiger partial charge in [0, 0.05) is 19.2 Å². The number of carbonyl (C=O) groups is 2. The number of nitrogens with one attached hydrogen (secondary N) is 3. The average molecular weight is 505 g/mol. The number of anilines is 2. The van der Waals surface area contributed by atoms with E-state index in [1.807, 2.05) is 0 Å². The predicted molar refractivity (Wildman–Crippen MR) is 125 cm³/mol. The van der Waals surface area contributed by atoms with Crippen molar-refractivity contribution >= 4 is 28.8 Å². The quantitative estimate of drug-likeness (QED) is 0.475. The van der Waals surface area contributed by atoms with Crippen molar-refractivity contribution in [1.29, 1.82) is 0 Å². The fraction of sp³-hybridized carbons (Fsp3) is 0.280. The largest absolute Gasteiger partial charge is 0.482 e. The first kappa shape index (κ1) is 25.2. The van der Waals surface area contributed by atoms with Crippen LogP contribution in [0.15, 0.2) is 54.2 Å². The molecule has 1 fully saturated rings. The first-order valence-electron chi connectivity index (χ1n) is 11.0. The number of hydrogen-bond donors (Lipinski definition) is 3. The molecule has 0 unspecified atom stereocenters. The molecule has 0 atom stereocenters. The van der Waals surface area contributed by atoms with Crippen LogP contribution in [0.25, 0.3) is 5.57 Å². The zero-order valence-corrected chi connectivity index (χ0v) is 19.4. The molecular formula is C25H23F4N3O4. The van der Waals surface area contributed by atoms with E-state index in [0.29, 0.717) is 16.8 Å². The topological polar surface area (TPSA) is 88.7 Å². The molecule has 4 rings (SSSR count). The lowest BCUT2D eigenvalue weighted by molar-refractivity contribution is -0.160. The third-order valence-electron chi connectivity index (χ3n) is 5.64. The summed E-state index contributed by atoms with van der Waals surface area (Å²) in [5, 5.41) is 7.36. The Hall–Kier alpha value is -3.86. The summed E-state index contributed by atoms with van der Waals surface area (Å²) >= 11 is 0. The highest BCUT2D eigenvalue weighted by atomic mass is 19.4. The van der Waals surface area contributed by atoms with Crippen LogP contribution in [0.2, 0.25) is 0 Å². The molecule has 2 aliphatic rings. The number of benzene rings is 2. The normalized spacial score (nSPS) is 16.9. The smallest absolute Gasteiger partial charge is 0.420 e. The number of hydrogen-bond acceptors (Lipinski definition) is 5. The van der Waals surface area contributed by atoms with E-state index in [2.05, 4.69) is 16.0 Å². The summed E-state index contributed by atoms with van der Waals surface area (Å²) in [6.07, 6.45) is -1.29. The SMILES string of the molecule is CNC1=CC(c2ccc(NC(=O)Nc3ccc(OC4(C)COC4)c(C(F)(F)F)c3)c(F)c2)=CCC1=O. The maximum atomic E-state index is 14.7. The fourth-order valence-corrected chi connectivity index (χ4v) is 3.73. The second kappa shape index (κ2) is 9.65. The van der Waals surface area contributed by atoms with Crippen LogP contribution in [-0.4, -0.2) is 37.7 Å². The van der Waals surface area contributed by atoms with Gasteiger partial charge in [0.2, 0.25) is 0 Å². The summed E-state index contributed by atoms with van der Waals surface area (Å²) in [4.78, 5) is 24.2. The summed E-state index contributed by atoms with van der Waals surface area (Å²) in [7, 11) is 1.61. The van der Waals surface area contributed by atoms with Crippen molar-refractivity contribution < 1.29 is 36.6 Å². The minimum atomic E-state index is -4.73. The number of carbonyl (C=O) groups excluding carboxylic acids is 2. The average Bonchev–Trinajstić information content (AvgIpc) is 2.80. The number of ether oxygens (including phenoxy) is 2. The Kier molecular flexibility index (Phi) is 6.77. The summed E-state index contributed by atoms with van der Waals surface area (Å²) in [6.45, 7) is 1.97. The van der Waals surface area contributed by atoms with Crippen LogP contribution in [0.3, 0.4) is 0 Å². The molecule has 1 saturated heterocycles. The number of urea groups is 1. The van der Waals surface area contributed by atoms with E-state index in [4.69, 9.17) is 9.47 Å². The van der Waals surface area contributed by atoms with Gasteiger partial charge >= 0.3 is 12.2 Å². The number of likely N-dealkylation sites (N-methyl/N-ethyl adjacent to an activating group) is 1. The number of halogens is 4. The van der Waals surface area contributed by atoms with Crippen LogP contribution in [0.5, 0.6) is 5.75 Å². The molecule has 2 aromatic carbocycles. The maximum Gasteiger partial charge on any atom is 0.420 e. The van der Waals surface area contributed by atoms with Gasteiger partial charge in [-0.05, 0) is 54.5 Å². The van der Waals surface area contributed by atoms with Crippen LogP contribution < -0.4 is 20.7 Å². The molecule has 0 radical (unpaired) electrons. The van der Waals surface area contributed by atoms with Crippen molar-refractivity contribution in [2.24, 2.45) is 0 Å². The van der Waals surface area contributed by atoms with Gasteiger partial charge in [-0.2, -0.15) is 13.2 Å². The molecule has 1 aliphatic heterocycles. The zero-order chi connectivity index (χ0) is 26.1. The summed E-state index contributed by atoms with van der Waals surface area (Å²) in [5.74, 6) is -1.22. The van der Waals surface area contributed by atoms with Gasteiger partial charge in [-0.1, -0.05) is 12.1 Å². The van der Waals surface area contributed by atoms with Crippen LogP contribution in [0, 0.1) is 5.82 Å². The van der Waals surface area contributed by atoms with E-state index in [9.17, 15) is 27.2 Å². The van der Waals surface area contributed by atoms with Crippen LogP contribution in [0.4, 0.5) is 33.7 Å². The van der Waals surface area contributed by atoms with Crippen molar-refractivity contribution in [2.75, 3.05) is 30.9 Å². The van der Waals surface area contributed by atoms with Crippen molar-refractivity contribution in [3.8, 4) is 5.75 Å². The number of amides is 2. The van der Waals surface area contributed by atoms with Gasteiger partial charge in [0.15, 0.2) is 11.4 Å². The van der Waals surface area contributed by atoms with Gasteiger partial charge in [0.05, 0.1) is 30.2 Å². The maximum absolute atomic E-state index is 14.7. The van der Waals surface area contributed by atoms with E-state index in [0.717, 1.165) is 12.1 Å². The predicted octanol–water partition coefficient (Wildman–Crippen LogP) is 5.12. The van der Waals surface area contributed by atoms with E-state index >= 15 is 0 Å². The molecule has 36 heavy (non-hydrogen) atoms. The molecule has 0 bridgehead atoms. The molecule has 2 amide bonds. The lowest BCUT2D eigenvalue weighted by Gasteiger charge is -2.38. The molecule has 1 heterocycles. The number of Topliss-reactive ketones (excluding diaryl/α,β-unsaturated/α-hetero) is 1. The van der Waals surface area contributed by atoms with E-state index in [1.165, 1.54) is 18.2 Å². The lowest BCUT2D eigenvalue weighted by Crippen LogP contribution is -2.51. The molecule has 11 heteroatoms. The van der Waals surface area contributed by atoms with Gasteiger partial charge in [0.1, 0.15) is 11.6 Å². The Bertz CT molecular complexity index is 1270. The Morgan fingerprint density at radius 2 is 1.86 bits per heavy atom. The third-order valence-corrected chi connectivity index (χ3v) is 5.64. The summed E-state index contributed by atoms with van der Waals surface area (Å²) < 4.78 is 66.0. The third kappa shape index (κ3) is 5.51. The summed E-state index contributed by atoms with van der Waals surface area (Å²) in [5.41, 5.74) is -0.704. The highest BCUT2D eigenvalue weighted by molar-refractivity contribution is 6.02. The molecular weight excluding hydrogens is 482 g/mol. The number of ketones is 1. The van der Waals surface area contributed by atoms with Gasteiger partial charge in [-0.15, -0.1) is 0 Å². The van der Waals surface area contributed by atoms with Crippen molar-refractivity contribution in [3.05, 3.63) is 71.2 Å². The van der Waals surface area contributed by atoms with Gasteiger partial charge < -0.3 is 25.4 Å². The lowest BCUT2D eigenvalue weighted by atomic mass is 9.96. The van der Waals surface area contributed by atoms with Gasteiger partial charge in [-0.3, -0.25) is 4.79 Å². The molecule has 0 aromatic heterocycles. The number of allylic oxidation sites excluding steroid dienone is 4. The second-order valence-electron chi connectivity index (χ2n) is 8.62. The van der Waals surface area contributed by atoms with Crippen LogP contribution >= 0.6 is 0 Å². The Morgan fingerprint density at radius 1 is 1.11 bits per heavy atom. The number of rotatable bonds is 6. The molecule has 0 saturated carbocycles. The molecule has 190 valence electrons. The first-order chi connectivity index (χ1) is 17.0. The van der Waals surface area contributed by atoms with E-state index < -0.39 is 29.2 Å². The minimum absolute atomic E-state index is 0.0868. The standard InChI is InChI=1S/C25H23F4N3O4/c1-24(12-35-13-24)36-22-8-5-16(11-17(22)25(27,28)29)31-23(34)32-19-6-3-14(9-18(19)26)15-4-7-21(33)20(10-15)30-2/h3-6,8-11,30H,7,12-13H2,1-2H3,(H2,31,32,34). The zero-order valence-electron chi connectivity index (χ0n) is 19.4. The second-order valence-corrected chi connectivity index (χ2v) is 8.62. The molecule has 1 aliphatic carbocycles. The Labute approximate surface area is 204 Å². The molecule has 3 N–H and O–H groups in total. The highest BCUT2D eigenvalue weighted by Gasteiger charge is 2.40. The van der Waals surface area contributed by atoms with Crippen molar-refractivity contribution in [2.45, 2.75) is 25.1 Å².